The van der Waals surface area contributed by atoms with Crippen molar-refractivity contribution in [3.63, 3.8) is 0 Å². The fourth-order valence-electron chi connectivity index (χ4n) is 2.40. The van der Waals surface area contributed by atoms with Crippen LogP contribution < -0.4 is 15.2 Å². The number of hydrogen-bond donors (Lipinski definition) is 3. The smallest absolute Gasteiger partial charge is 0.241 e. The fourth-order valence-corrected chi connectivity index (χ4v) is 3.13. The van der Waals surface area contributed by atoms with Gasteiger partial charge in [0.15, 0.2) is 5.75 Å². The molecule has 26 heavy (non-hydrogen) atoms. The molecule has 0 bridgehead atoms. The Hall–Kier alpha value is -2.81. The number of nitrogens with one attached hydrogen (secondary N) is 1. The first-order chi connectivity index (χ1) is 12.5. The van der Waals surface area contributed by atoms with E-state index in [1.165, 1.54) is 12.3 Å². The first kappa shape index (κ1) is 18.0. The van der Waals surface area contributed by atoms with Crippen molar-refractivity contribution in [1.29, 1.82) is 0 Å². The van der Waals surface area contributed by atoms with Gasteiger partial charge >= 0.3 is 0 Å². The lowest BCUT2D eigenvalue weighted by Gasteiger charge is -2.17. The number of aliphatic hydroxyl groups is 1. The van der Waals surface area contributed by atoms with Crippen LogP contribution in [0.1, 0.15) is 11.3 Å². The van der Waals surface area contributed by atoms with E-state index in [1.807, 2.05) is 6.07 Å². The maximum atomic E-state index is 12.1. The van der Waals surface area contributed by atoms with Gasteiger partial charge in [-0.3, -0.25) is 0 Å². The Kier molecular flexibility index (Phi) is 5.27. The molecule has 1 heterocycles. The summed E-state index contributed by atoms with van der Waals surface area (Å²) >= 11 is 0. The summed E-state index contributed by atoms with van der Waals surface area (Å²) in [5.41, 5.74) is 0.761. The van der Waals surface area contributed by atoms with Crippen LogP contribution in [-0.4, -0.2) is 13.5 Å². The lowest BCUT2D eigenvalue weighted by molar-refractivity contribution is 0.281. The van der Waals surface area contributed by atoms with E-state index in [0.717, 1.165) is 0 Å². The van der Waals surface area contributed by atoms with Crippen molar-refractivity contribution in [2.24, 2.45) is 5.14 Å². The highest BCUT2D eigenvalue weighted by molar-refractivity contribution is 7.89. The first-order valence-electron chi connectivity index (χ1n) is 7.77. The van der Waals surface area contributed by atoms with Crippen molar-refractivity contribution < 1.29 is 22.7 Å². The number of ether oxygens (including phenoxy) is 1. The van der Waals surface area contributed by atoms with Gasteiger partial charge in [-0.05, 0) is 42.0 Å². The standard InChI is InChI=1S/C18H18N2O5S/c19-26(22,23)17-10-13(12-21)9-16(20-11-15-7-4-8-24-15)18(17)25-14-5-2-1-3-6-14/h1-10,20-21H,11-12H2,(H2,19,22,23). The van der Waals surface area contributed by atoms with Crippen LogP contribution >= 0.6 is 0 Å². The summed E-state index contributed by atoms with van der Waals surface area (Å²) in [7, 11) is -4.08. The minimum absolute atomic E-state index is 0.0578. The monoisotopic (exact) mass is 374 g/mol. The molecule has 0 unspecified atom stereocenters. The number of furan rings is 1. The fraction of sp³-hybridized carbons (Fsp3) is 0.111. The second-order valence-corrected chi connectivity index (χ2v) is 7.05. The topological polar surface area (TPSA) is 115 Å². The number of para-hydroxylation sites is 1. The number of sulfonamides is 1. The summed E-state index contributed by atoms with van der Waals surface area (Å²) in [5, 5.41) is 17.9. The van der Waals surface area contributed by atoms with E-state index in [2.05, 4.69) is 5.32 Å². The van der Waals surface area contributed by atoms with Gasteiger partial charge in [-0.15, -0.1) is 0 Å². The number of aliphatic hydroxyl groups excluding tert-OH is 1. The van der Waals surface area contributed by atoms with Crippen LogP contribution in [0.2, 0.25) is 0 Å². The summed E-state index contributed by atoms with van der Waals surface area (Å²) in [4.78, 5) is -0.213. The molecule has 0 atom stereocenters. The maximum absolute atomic E-state index is 12.1. The third-order valence-corrected chi connectivity index (χ3v) is 4.52. The molecule has 0 aliphatic carbocycles. The predicted molar refractivity (Wildman–Crippen MR) is 96.3 cm³/mol. The second kappa shape index (κ2) is 7.61. The molecule has 0 aliphatic heterocycles. The normalized spacial score (nSPS) is 11.3. The number of primary sulfonamides is 1. The van der Waals surface area contributed by atoms with Gasteiger partial charge in [0.1, 0.15) is 16.4 Å². The molecule has 3 rings (SSSR count). The number of benzene rings is 2. The van der Waals surface area contributed by atoms with Gasteiger partial charge in [0, 0.05) is 0 Å². The zero-order valence-corrected chi connectivity index (χ0v) is 14.6. The minimum Gasteiger partial charge on any atom is -0.467 e. The number of hydrogen-bond acceptors (Lipinski definition) is 6. The van der Waals surface area contributed by atoms with Crippen LogP contribution in [-0.2, 0) is 23.2 Å². The summed E-state index contributed by atoms with van der Waals surface area (Å²) in [6.07, 6.45) is 1.54. The summed E-state index contributed by atoms with van der Waals surface area (Å²) in [6.45, 7) is -0.0410. The molecule has 4 N–H and O–H groups in total. The molecule has 2 aromatic carbocycles. The highest BCUT2D eigenvalue weighted by Crippen LogP contribution is 2.37. The van der Waals surface area contributed by atoms with Crippen molar-refractivity contribution >= 4 is 15.7 Å². The average Bonchev–Trinajstić information content (AvgIpc) is 3.14. The molecule has 7 nitrogen and oxygen atoms in total. The Labute approximate surface area is 151 Å². The van der Waals surface area contributed by atoms with Crippen molar-refractivity contribution in [3.05, 3.63) is 72.2 Å². The molecule has 0 fully saturated rings. The second-order valence-electron chi connectivity index (χ2n) is 5.52. The van der Waals surface area contributed by atoms with Gasteiger partial charge in [-0.25, -0.2) is 13.6 Å². The van der Waals surface area contributed by atoms with Crippen molar-refractivity contribution in [3.8, 4) is 11.5 Å². The van der Waals surface area contributed by atoms with Gasteiger partial charge in [0.25, 0.3) is 0 Å². The van der Waals surface area contributed by atoms with Gasteiger partial charge in [0.05, 0.1) is 25.1 Å². The quantitative estimate of drug-likeness (QED) is 0.586. The number of anilines is 1. The molecule has 0 radical (unpaired) electrons. The SMILES string of the molecule is NS(=O)(=O)c1cc(CO)cc(NCc2ccco2)c1Oc1ccccc1. The summed E-state index contributed by atoms with van der Waals surface area (Å²) < 4.78 is 35.2. The maximum Gasteiger partial charge on any atom is 0.241 e. The summed E-state index contributed by atoms with van der Waals surface area (Å²) in [5.74, 6) is 1.17. The molecule has 0 amide bonds. The summed E-state index contributed by atoms with van der Waals surface area (Å²) in [6, 6.07) is 15.2. The highest BCUT2D eigenvalue weighted by Gasteiger charge is 2.21. The van der Waals surface area contributed by atoms with Crippen molar-refractivity contribution in [1.82, 2.24) is 0 Å². The Bertz CT molecular complexity index is 970. The molecular weight excluding hydrogens is 356 g/mol. The molecule has 136 valence electrons. The van der Waals surface area contributed by atoms with Crippen LogP contribution in [0.25, 0.3) is 0 Å². The third kappa shape index (κ3) is 4.23. The predicted octanol–water partition coefficient (Wildman–Crippen LogP) is 2.82. The average molecular weight is 374 g/mol. The van der Waals surface area contributed by atoms with Gasteiger partial charge in [-0.2, -0.15) is 0 Å². The highest BCUT2D eigenvalue weighted by atomic mass is 32.2. The molecule has 8 heteroatoms. The molecule has 3 aromatic rings. The van der Waals surface area contributed by atoms with Crippen LogP contribution in [0.4, 0.5) is 5.69 Å². The molecule has 0 aliphatic rings. The third-order valence-electron chi connectivity index (χ3n) is 3.60. The molecular formula is C18H18N2O5S. The first-order valence-corrected chi connectivity index (χ1v) is 9.32. The van der Waals surface area contributed by atoms with Gasteiger partial charge in [-0.1, -0.05) is 18.2 Å². The van der Waals surface area contributed by atoms with E-state index in [4.69, 9.17) is 14.3 Å². The van der Waals surface area contributed by atoms with E-state index >= 15 is 0 Å². The van der Waals surface area contributed by atoms with Crippen LogP contribution in [0, 0.1) is 0 Å². The van der Waals surface area contributed by atoms with E-state index in [-0.39, 0.29) is 17.3 Å². The van der Waals surface area contributed by atoms with Crippen molar-refractivity contribution in [2.75, 3.05) is 5.32 Å². The number of nitrogens with two attached hydrogens (primary N) is 1. The van der Waals surface area contributed by atoms with E-state index < -0.39 is 10.0 Å². The van der Waals surface area contributed by atoms with Crippen LogP contribution in [0.5, 0.6) is 11.5 Å². The Balaban J connectivity index is 2.06. The van der Waals surface area contributed by atoms with Crippen LogP contribution in [0.15, 0.2) is 70.2 Å². The van der Waals surface area contributed by atoms with Gasteiger partial charge in [0.2, 0.25) is 10.0 Å². The van der Waals surface area contributed by atoms with Crippen LogP contribution in [0.3, 0.4) is 0 Å². The Morgan fingerprint density at radius 2 is 1.88 bits per heavy atom. The van der Waals surface area contributed by atoms with E-state index in [1.54, 1.807) is 42.5 Å². The van der Waals surface area contributed by atoms with Gasteiger partial charge < -0.3 is 19.6 Å². The molecule has 0 spiro atoms. The zero-order chi connectivity index (χ0) is 18.6. The largest absolute Gasteiger partial charge is 0.467 e. The minimum atomic E-state index is -4.08. The zero-order valence-electron chi connectivity index (χ0n) is 13.8. The molecule has 1 aromatic heterocycles. The van der Waals surface area contributed by atoms with Crippen molar-refractivity contribution in [2.45, 2.75) is 18.0 Å². The number of rotatable bonds is 7. The van der Waals surface area contributed by atoms with E-state index in [0.29, 0.717) is 29.3 Å². The molecule has 0 saturated carbocycles. The Morgan fingerprint density at radius 3 is 2.50 bits per heavy atom. The van der Waals surface area contributed by atoms with E-state index in [9.17, 15) is 13.5 Å². The Morgan fingerprint density at radius 1 is 1.12 bits per heavy atom. The lowest BCUT2D eigenvalue weighted by atomic mass is 10.2. The lowest BCUT2D eigenvalue weighted by Crippen LogP contribution is -2.15. The molecule has 0 saturated heterocycles.